The van der Waals surface area contributed by atoms with Crippen molar-refractivity contribution in [2.24, 2.45) is 0 Å². The second-order valence-corrected chi connectivity index (χ2v) is 8.63. The van der Waals surface area contributed by atoms with Gasteiger partial charge in [-0.25, -0.2) is 0 Å². The molecule has 6 nitrogen and oxygen atoms in total. The van der Waals surface area contributed by atoms with Crippen LogP contribution in [0, 0.1) is 0 Å². The summed E-state index contributed by atoms with van der Waals surface area (Å²) in [6.45, 7) is 2.17. The van der Waals surface area contributed by atoms with Gasteiger partial charge in [-0.1, -0.05) is 18.2 Å². The standard InChI is InChI=1S/C25H28N2O4S/c1-29-19-8-6-17(7-9-19)16-27-11-10-18-13-22(30-2)23(31-3)14-20(18)21(27)15-26-25(28)24-5-4-12-32-24/h4-9,12-14,21H,10-11,15-16H2,1-3H3,(H,26,28). The zero-order valence-electron chi connectivity index (χ0n) is 18.6. The highest BCUT2D eigenvalue weighted by atomic mass is 32.1. The first-order valence-corrected chi connectivity index (χ1v) is 11.4. The summed E-state index contributed by atoms with van der Waals surface area (Å²) in [5, 5.41) is 5.05. The Morgan fingerprint density at radius 1 is 1.06 bits per heavy atom. The molecule has 4 rings (SSSR count). The number of ether oxygens (including phenoxy) is 3. The highest BCUT2D eigenvalue weighted by Crippen LogP contribution is 2.38. The van der Waals surface area contributed by atoms with E-state index in [2.05, 4.69) is 34.5 Å². The average molecular weight is 453 g/mol. The molecule has 0 saturated heterocycles. The number of carbonyl (C=O) groups is 1. The van der Waals surface area contributed by atoms with Crippen molar-refractivity contribution in [2.75, 3.05) is 34.4 Å². The van der Waals surface area contributed by atoms with Crippen molar-refractivity contribution in [1.29, 1.82) is 0 Å². The monoisotopic (exact) mass is 452 g/mol. The smallest absolute Gasteiger partial charge is 0.261 e. The van der Waals surface area contributed by atoms with Crippen LogP contribution in [0.2, 0.25) is 0 Å². The predicted molar refractivity (Wildman–Crippen MR) is 126 cm³/mol. The van der Waals surface area contributed by atoms with Crippen molar-refractivity contribution in [3.05, 3.63) is 75.5 Å². The third-order valence-corrected chi connectivity index (χ3v) is 6.73. The molecule has 1 atom stereocenters. The number of nitrogens with one attached hydrogen (secondary N) is 1. The Morgan fingerprint density at radius 2 is 1.81 bits per heavy atom. The Hall–Kier alpha value is -3.03. The largest absolute Gasteiger partial charge is 0.497 e. The predicted octanol–water partition coefficient (Wildman–Crippen LogP) is 4.30. The number of thiophene rings is 1. The van der Waals surface area contributed by atoms with Gasteiger partial charge in [-0.15, -0.1) is 11.3 Å². The lowest BCUT2D eigenvalue weighted by Gasteiger charge is -2.38. The second kappa shape index (κ2) is 10.1. The van der Waals surface area contributed by atoms with Crippen molar-refractivity contribution < 1.29 is 19.0 Å². The number of fused-ring (bicyclic) bond motifs is 1. The molecule has 1 N–H and O–H groups in total. The first-order valence-electron chi connectivity index (χ1n) is 10.6. The molecule has 3 aromatic rings. The van der Waals surface area contributed by atoms with E-state index in [-0.39, 0.29) is 11.9 Å². The minimum Gasteiger partial charge on any atom is -0.497 e. The third kappa shape index (κ3) is 4.74. The minimum atomic E-state index is -0.0444. The fourth-order valence-corrected chi connectivity index (χ4v) is 4.80. The van der Waals surface area contributed by atoms with E-state index in [0.29, 0.717) is 12.3 Å². The van der Waals surface area contributed by atoms with Crippen molar-refractivity contribution in [1.82, 2.24) is 10.2 Å². The van der Waals surface area contributed by atoms with Crippen LogP contribution in [0.25, 0.3) is 0 Å². The van der Waals surface area contributed by atoms with Gasteiger partial charge in [0.15, 0.2) is 11.5 Å². The Balaban J connectivity index is 1.61. The highest BCUT2D eigenvalue weighted by Gasteiger charge is 2.29. The quantitative estimate of drug-likeness (QED) is 0.552. The summed E-state index contributed by atoms with van der Waals surface area (Å²) in [5.41, 5.74) is 3.59. The van der Waals surface area contributed by atoms with Crippen LogP contribution in [-0.4, -0.2) is 45.2 Å². The van der Waals surface area contributed by atoms with Crippen molar-refractivity contribution in [3.8, 4) is 17.2 Å². The molecule has 32 heavy (non-hydrogen) atoms. The SMILES string of the molecule is COc1ccc(CN2CCc3cc(OC)c(OC)cc3C2CNC(=O)c2cccs2)cc1. The fourth-order valence-electron chi connectivity index (χ4n) is 4.16. The Bertz CT molecular complexity index is 1050. The summed E-state index contributed by atoms with van der Waals surface area (Å²) in [5.74, 6) is 2.23. The first kappa shape index (κ1) is 22.2. The van der Waals surface area contributed by atoms with Crippen LogP contribution in [-0.2, 0) is 13.0 Å². The van der Waals surface area contributed by atoms with E-state index in [1.165, 1.54) is 22.5 Å². The van der Waals surface area contributed by atoms with Gasteiger partial charge in [0.25, 0.3) is 5.91 Å². The summed E-state index contributed by atoms with van der Waals surface area (Å²) < 4.78 is 16.4. The highest BCUT2D eigenvalue weighted by molar-refractivity contribution is 7.12. The van der Waals surface area contributed by atoms with E-state index >= 15 is 0 Å². The summed E-state index contributed by atoms with van der Waals surface area (Å²) in [7, 11) is 4.97. The van der Waals surface area contributed by atoms with Gasteiger partial charge in [0, 0.05) is 19.6 Å². The van der Waals surface area contributed by atoms with E-state index in [9.17, 15) is 4.79 Å². The van der Waals surface area contributed by atoms with Gasteiger partial charge in [0.2, 0.25) is 0 Å². The summed E-state index contributed by atoms with van der Waals surface area (Å²) >= 11 is 1.45. The number of nitrogens with zero attached hydrogens (tertiary/aromatic N) is 1. The minimum absolute atomic E-state index is 0.0181. The maximum Gasteiger partial charge on any atom is 0.261 e. The van der Waals surface area contributed by atoms with Crippen LogP contribution < -0.4 is 19.5 Å². The lowest BCUT2D eigenvalue weighted by atomic mass is 9.91. The number of methoxy groups -OCH3 is 3. The number of hydrogen-bond donors (Lipinski definition) is 1. The molecule has 1 unspecified atom stereocenters. The molecule has 1 aliphatic rings. The number of amides is 1. The lowest BCUT2D eigenvalue weighted by molar-refractivity contribution is 0.0930. The fraction of sp³-hybridized carbons (Fsp3) is 0.320. The zero-order valence-corrected chi connectivity index (χ0v) is 19.4. The van der Waals surface area contributed by atoms with Gasteiger partial charge in [-0.2, -0.15) is 0 Å². The molecule has 0 fully saturated rings. The van der Waals surface area contributed by atoms with E-state index in [4.69, 9.17) is 14.2 Å². The Morgan fingerprint density at radius 3 is 2.47 bits per heavy atom. The normalized spacial score (nSPS) is 15.7. The van der Waals surface area contributed by atoms with Crippen molar-refractivity contribution in [3.63, 3.8) is 0 Å². The maximum absolute atomic E-state index is 12.6. The molecule has 168 valence electrons. The van der Waals surface area contributed by atoms with Crippen LogP contribution in [0.15, 0.2) is 53.9 Å². The molecule has 2 heterocycles. The third-order valence-electron chi connectivity index (χ3n) is 5.86. The molecular weight excluding hydrogens is 424 g/mol. The molecule has 1 aromatic heterocycles. The molecule has 1 amide bonds. The maximum atomic E-state index is 12.6. The summed E-state index contributed by atoms with van der Waals surface area (Å²) in [6, 6.07) is 16.0. The van der Waals surface area contributed by atoms with Gasteiger partial charge >= 0.3 is 0 Å². The summed E-state index contributed by atoms with van der Waals surface area (Å²) in [6.07, 6.45) is 0.904. The number of hydrogen-bond acceptors (Lipinski definition) is 6. The molecule has 0 spiro atoms. The molecule has 2 aromatic carbocycles. The Labute approximate surface area is 192 Å². The van der Waals surface area contributed by atoms with E-state index in [1.807, 2.05) is 29.6 Å². The van der Waals surface area contributed by atoms with Gasteiger partial charge < -0.3 is 19.5 Å². The number of benzene rings is 2. The molecule has 0 aliphatic carbocycles. The summed E-state index contributed by atoms with van der Waals surface area (Å²) in [4.78, 5) is 15.8. The Kier molecular flexibility index (Phi) is 6.97. The van der Waals surface area contributed by atoms with Crippen LogP contribution in [0.5, 0.6) is 17.2 Å². The van der Waals surface area contributed by atoms with Crippen LogP contribution in [0.1, 0.15) is 32.4 Å². The van der Waals surface area contributed by atoms with E-state index in [1.54, 1.807) is 21.3 Å². The van der Waals surface area contributed by atoms with Gasteiger partial charge in [-0.05, 0) is 58.8 Å². The zero-order chi connectivity index (χ0) is 22.5. The second-order valence-electron chi connectivity index (χ2n) is 7.68. The molecule has 0 saturated carbocycles. The van der Waals surface area contributed by atoms with Crippen LogP contribution in [0.4, 0.5) is 0 Å². The van der Waals surface area contributed by atoms with E-state index < -0.39 is 0 Å². The van der Waals surface area contributed by atoms with Crippen molar-refractivity contribution in [2.45, 2.75) is 19.0 Å². The average Bonchev–Trinajstić information content (AvgIpc) is 3.38. The van der Waals surface area contributed by atoms with Crippen molar-refractivity contribution >= 4 is 17.2 Å². The lowest BCUT2D eigenvalue weighted by Crippen LogP contribution is -2.41. The molecule has 1 aliphatic heterocycles. The van der Waals surface area contributed by atoms with E-state index in [0.717, 1.165) is 41.4 Å². The number of carbonyl (C=O) groups excluding carboxylic acids is 1. The van der Waals surface area contributed by atoms with Gasteiger partial charge in [-0.3, -0.25) is 9.69 Å². The molecule has 7 heteroatoms. The first-order chi connectivity index (χ1) is 15.6. The van der Waals surface area contributed by atoms with Gasteiger partial charge in [0.05, 0.1) is 32.2 Å². The molecular formula is C25H28N2O4S. The molecule has 0 radical (unpaired) electrons. The van der Waals surface area contributed by atoms with Crippen LogP contribution in [0.3, 0.4) is 0 Å². The molecule has 0 bridgehead atoms. The van der Waals surface area contributed by atoms with Gasteiger partial charge in [0.1, 0.15) is 5.75 Å². The van der Waals surface area contributed by atoms with Crippen LogP contribution >= 0.6 is 11.3 Å². The topological polar surface area (TPSA) is 60.0 Å². The number of rotatable bonds is 8.